The zero-order chi connectivity index (χ0) is 24.8. The first-order valence-corrected chi connectivity index (χ1v) is 12.4. The molecule has 1 fully saturated rings. The van der Waals surface area contributed by atoms with Crippen LogP contribution in [-0.2, 0) is 0 Å². The van der Waals surface area contributed by atoms with Gasteiger partial charge in [0.1, 0.15) is 22.9 Å². The molecule has 2 aromatic carbocycles. The molecule has 7 heteroatoms. The molecule has 36 heavy (non-hydrogen) atoms. The van der Waals surface area contributed by atoms with Crippen LogP contribution >= 0.6 is 0 Å². The van der Waals surface area contributed by atoms with Crippen molar-refractivity contribution in [3.8, 4) is 11.4 Å². The van der Waals surface area contributed by atoms with E-state index in [1.54, 1.807) is 7.11 Å². The second kappa shape index (κ2) is 8.82. The van der Waals surface area contributed by atoms with Gasteiger partial charge in [0.15, 0.2) is 5.65 Å². The van der Waals surface area contributed by atoms with Crippen molar-refractivity contribution in [2.24, 2.45) is 0 Å². The van der Waals surface area contributed by atoms with Gasteiger partial charge in [-0.1, -0.05) is 30.3 Å². The van der Waals surface area contributed by atoms with E-state index in [0.29, 0.717) is 0 Å². The third-order valence-corrected chi connectivity index (χ3v) is 7.14. The summed E-state index contributed by atoms with van der Waals surface area (Å²) < 4.78 is 7.55. The predicted molar refractivity (Wildman–Crippen MR) is 146 cm³/mol. The third kappa shape index (κ3) is 3.71. The van der Waals surface area contributed by atoms with Gasteiger partial charge in [0.25, 0.3) is 0 Å². The van der Waals surface area contributed by atoms with Gasteiger partial charge in [0.2, 0.25) is 0 Å². The normalized spacial score (nSPS) is 14.1. The Morgan fingerprint density at radius 3 is 2.11 bits per heavy atom. The summed E-state index contributed by atoms with van der Waals surface area (Å²) in [6.07, 6.45) is 0. The van der Waals surface area contributed by atoms with Gasteiger partial charge in [-0.2, -0.15) is 5.10 Å². The Bertz CT molecular complexity index is 1570. The molecule has 0 atom stereocenters. The summed E-state index contributed by atoms with van der Waals surface area (Å²) in [4.78, 5) is 14.8. The van der Waals surface area contributed by atoms with Gasteiger partial charge in [-0.3, -0.25) is 0 Å². The Morgan fingerprint density at radius 1 is 0.750 bits per heavy atom. The second-order valence-corrected chi connectivity index (χ2v) is 9.46. The van der Waals surface area contributed by atoms with Gasteiger partial charge >= 0.3 is 0 Å². The summed E-state index contributed by atoms with van der Waals surface area (Å²) in [5, 5.41) is 7.08. The van der Waals surface area contributed by atoms with Gasteiger partial charge in [-0.15, -0.1) is 0 Å². The number of rotatable bonds is 4. The van der Waals surface area contributed by atoms with Crippen molar-refractivity contribution in [1.29, 1.82) is 0 Å². The predicted octanol–water partition coefficient (Wildman–Crippen LogP) is 5.23. The number of hydrogen-bond donors (Lipinski definition) is 0. The molecule has 1 aliphatic heterocycles. The van der Waals surface area contributed by atoms with E-state index in [4.69, 9.17) is 19.8 Å². The van der Waals surface area contributed by atoms with Crippen LogP contribution in [0.4, 0.5) is 11.6 Å². The fraction of sp³-hybridized carbons (Fsp3) is 0.276. The molecule has 7 nitrogen and oxygen atoms in total. The fourth-order valence-electron chi connectivity index (χ4n) is 5.26. The molecule has 0 spiro atoms. The minimum absolute atomic E-state index is 0.814. The van der Waals surface area contributed by atoms with Crippen LogP contribution in [0.1, 0.15) is 16.8 Å². The standard InChI is InChI=1S/C29H30N6O/c1-19-17-25(30-28-23(19)11-8-12-24(28)36-4)33-13-15-34(16-14-33)26-18-20(2)27-21(3)32-35(29(27)31-26)22-9-6-5-7-10-22/h5-12,17-18H,13-16H2,1-4H3. The summed E-state index contributed by atoms with van der Waals surface area (Å²) in [7, 11) is 1.70. The first kappa shape index (κ1) is 22.3. The van der Waals surface area contributed by atoms with Crippen molar-refractivity contribution in [3.63, 3.8) is 0 Å². The highest BCUT2D eigenvalue weighted by atomic mass is 16.5. The van der Waals surface area contributed by atoms with Crippen LogP contribution in [0.2, 0.25) is 0 Å². The molecule has 3 aromatic heterocycles. The molecule has 1 saturated heterocycles. The SMILES string of the molecule is COc1cccc2c(C)cc(N3CCN(c4cc(C)c5c(C)nn(-c6ccccc6)c5n4)CC3)nc12. The number of pyridine rings is 2. The van der Waals surface area contributed by atoms with Crippen LogP contribution in [0.5, 0.6) is 5.75 Å². The number of hydrogen-bond acceptors (Lipinski definition) is 6. The first-order valence-electron chi connectivity index (χ1n) is 12.4. The van der Waals surface area contributed by atoms with Crippen LogP contribution in [-0.4, -0.2) is 53.0 Å². The monoisotopic (exact) mass is 478 g/mol. The number of ether oxygens (including phenoxy) is 1. The maximum atomic E-state index is 5.58. The molecule has 6 rings (SSSR count). The number of benzene rings is 2. The Balaban J connectivity index is 1.29. The van der Waals surface area contributed by atoms with Crippen molar-refractivity contribution >= 4 is 33.6 Å². The van der Waals surface area contributed by atoms with Crippen molar-refractivity contribution in [2.45, 2.75) is 20.8 Å². The molecule has 0 saturated carbocycles. The molecular weight excluding hydrogens is 448 g/mol. The molecule has 4 heterocycles. The summed E-state index contributed by atoms with van der Waals surface area (Å²) >= 11 is 0. The van der Waals surface area contributed by atoms with Crippen molar-refractivity contribution in [2.75, 3.05) is 43.1 Å². The zero-order valence-electron chi connectivity index (χ0n) is 21.2. The number of para-hydroxylation sites is 2. The topological polar surface area (TPSA) is 59.3 Å². The highest BCUT2D eigenvalue weighted by molar-refractivity contribution is 5.89. The highest BCUT2D eigenvalue weighted by Crippen LogP contribution is 2.31. The maximum absolute atomic E-state index is 5.58. The summed E-state index contributed by atoms with van der Waals surface area (Å²) in [6, 6.07) is 20.7. The fourth-order valence-corrected chi connectivity index (χ4v) is 5.26. The van der Waals surface area contributed by atoms with Gasteiger partial charge in [0, 0.05) is 37.0 Å². The number of methoxy groups -OCH3 is 1. The Labute approximate surface area is 211 Å². The number of nitrogens with zero attached hydrogens (tertiary/aromatic N) is 6. The number of aromatic nitrogens is 4. The summed E-state index contributed by atoms with van der Waals surface area (Å²) in [5.74, 6) is 2.82. The highest BCUT2D eigenvalue weighted by Gasteiger charge is 2.22. The molecule has 0 bridgehead atoms. The van der Waals surface area contributed by atoms with Crippen molar-refractivity contribution < 1.29 is 4.74 Å². The first-order chi connectivity index (χ1) is 17.5. The van der Waals surface area contributed by atoms with Crippen LogP contribution in [0, 0.1) is 20.8 Å². The second-order valence-electron chi connectivity index (χ2n) is 9.46. The lowest BCUT2D eigenvalue weighted by Gasteiger charge is -2.36. The van der Waals surface area contributed by atoms with Crippen LogP contribution in [0.25, 0.3) is 27.6 Å². The summed E-state index contributed by atoms with van der Waals surface area (Å²) in [6.45, 7) is 9.86. The van der Waals surface area contributed by atoms with E-state index in [1.807, 2.05) is 35.0 Å². The van der Waals surface area contributed by atoms with Gasteiger partial charge in [-0.05, 0) is 62.2 Å². The molecular formula is C29H30N6O. The number of anilines is 2. The lowest BCUT2D eigenvalue weighted by Crippen LogP contribution is -2.47. The van der Waals surface area contributed by atoms with Crippen LogP contribution in [0.3, 0.4) is 0 Å². The average Bonchev–Trinajstić information content (AvgIpc) is 3.25. The van der Waals surface area contributed by atoms with Crippen LogP contribution in [0.15, 0.2) is 60.7 Å². The van der Waals surface area contributed by atoms with Gasteiger partial charge < -0.3 is 14.5 Å². The zero-order valence-corrected chi connectivity index (χ0v) is 21.2. The molecule has 1 aliphatic rings. The van der Waals surface area contributed by atoms with E-state index in [2.05, 4.69) is 60.9 Å². The molecule has 0 aliphatic carbocycles. The average molecular weight is 479 g/mol. The van der Waals surface area contributed by atoms with Crippen molar-refractivity contribution in [3.05, 3.63) is 77.5 Å². The molecule has 0 N–H and O–H groups in total. The minimum atomic E-state index is 0.814. The Morgan fingerprint density at radius 2 is 1.42 bits per heavy atom. The van der Waals surface area contributed by atoms with E-state index < -0.39 is 0 Å². The Hall–Kier alpha value is -4.13. The van der Waals surface area contributed by atoms with E-state index in [9.17, 15) is 0 Å². The lowest BCUT2D eigenvalue weighted by atomic mass is 10.1. The minimum Gasteiger partial charge on any atom is -0.494 e. The number of fused-ring (bicyclic) bond motifs is 2. The lowest BCUT2D eigenvalue weighted by molar-refractivity contribution is 0.419. The maximum Gasteiger partial charge on any atom is 0.165 e. The van der Waals surface area contributed by atoms with E-state index >= 15 is 0 Å². The summed E-state index contributed by atoms with van der Waals surface area (Å²) in [5.41, 5.74) is 6.28. The van der Waals surface area contributed by atoms with Gasteiger partial charge in [0.05, 0.1) is 18.5 Å². The van der Waals surface area contributed by atoms with E-state index in [0.717, 1.165) is 76.9 Å². The number of piperazine rings is 1. The third-order valence-electron chi connectivity index (χ3n) is 7.14. The molecule has 182 valence electrons. The molecule has 5 aromatic rings. The Kier molecular flexibility index (Phi) is 5.48. The van der Waals surface area contributed by atoms with E-state index in [-0.39, 0.29) is 0 Å². The van der Waals surface area contributed by atoms with E-state index in [1.165, 1.54) is 11.1 Å². The van der Waals surface area contributed by atoms with Gasteiger partial charge in [-0.25, -0.2) is 14.6 Å². The molecule has 0 amide bonds. The largest absolute Gasteiger partial charge is 0.494 e. The van der Waals surface area contributed by atoms with Crippen LogP contribution < -0.4 is 14.5 Å². The molecule has 0 unspecified atom stereocenters. The smallest absolute Gasteiger partial charge is 0.165 e. The number of aryl methyl sites for hydroxylation is 3. The van der Waals surface area contributed by atoms with Crippen molar-refractivity contribution in [1.82, 2.24) is 19.7 Å². The quantitative estimate of drug-likeness (QED) is 0.353. The molecule has 0 radical (unpaired) electrons.